The first-order valence-corrected chi connectivity index (χ1v) is 6.06. The van der Waals surface area contributed by atoms with Crippen molar-refractivity contribution in [2.24, 2.45) is 0 Å². The molecule has 0 aliphatic carbocycles. The van der Waals surface area contributed by atoms with Crippen LogP contribution < -0.4 is 5.32 Å². The molecule has 0 spiro atoms. The van der Waals surface area contributed by atoms with E-state index in [1.54, 1.807) is 7.11 Å². The SMILES string of the molecule is COCC(C)NCCc1c(Cl)cccc1Cl. The Morgan fingerprint density at radius 3 is 2.50 bits per heavy atom. The predicted molar refractivity (Wildman–Crippen MR) is 69.5 cm³/mol. The second-order valence-corrected chi connectivity index (χ2v) is 4.58. The molecule has 1 rings (SSSR count). The van der Waals surface area contributed by atoms with Gasteiger partial charge in [-0.1, -0.05) is 29.3 Å². The lowest BCUT2D eigenvalue weighted by molar-refractivity contribution is 0.172. The van der Waals surface area contributed by atoms with Crippen LogP contribution in [0.1, 0.15) is 12.5 Å². The van der Waals surface area contributed by atoms with Gasteiger partial charge in [-0.3, -0.25) is 0 Å². The summed E-state index contributed by atoms with van der Waals surface area (Å²) >= 11 is 12.1. The van der Waals surface area contributed by atoms with Crippen molar-refractivity contribution in [1.82, 2.24) is 5.32 Å². The van der Waals surface area contributed by atoms with Crippen LogP contribution in [0.4, 0.5) is 0 Å². The highest BCUT2D eigenvalue weighted by Crippen LogP contribution is 2.24. The maximum absolute atomic E-state index is 6.07. The average molecular weight is 262 g/mol. The van der Waals surface area contributed by atoms with E-state index < -0.39 is 0 Å². The molecule has 0 aliphatic heterocycles. The number of hydrogen-bond acceptors (Lipinski definition) is 2. The van der Waals surface area contributed by atoms with Gasteiger partial charge in [0.1, 0.15) is 0 Å². The summed E-state index contributed by atoms with van der Waals surface area (Å²) in [6, 6.07) is 5.92. The number of halogens is 2. The predicted octanol–water partition coefficient (Wildman–Crippen LogP) is 3.16. The van der Waals surface area contributed by atoms with Crippen LogP contribution in [0.25, 0.3) is 0 Å². The van der Waals surface area contributed by atoms with Crippen molar-refractivity contribution in [3.63, 3.8) is 0 Å². The largest absolute Gasteiger partial charge is 0.383 e. The van der Waals surface area contributed by atoms with Gasteiger partial charge in [0.25, 0.3) is 0 Å². The lowest BCUT2D eigenvalue weighted by atomic mass is 10.1. The van der Waals surface area contributed by atoms with Crippen molar-refractivity contribution >= 4 is 23.2 Å². The van der Waals surface area contributed by atoms with Crippen molar-refractivity contribution in [3.05, 3.63) is 33.8 Å². The zero-order chi connectivity index (χ0) is 12.0. The molecule has 0 fully saturated rings. The van der Waals surface area contributed by atoms with E-state index in [2.05, 4.69) is 12.2 Å². The van der Waals surface area contributed by atoms with Crippen molar-refractivity contribution in [1.29, 1.82) is 0 Å². The van der Waals surface area contributed by atoms with Crippen LogP contribution in [0.2, 0.25) is 10.0 Å². The van der Waals surface area contributed by atoms with Crippen molar-refractivity contribution < 1.29 is 4.74 Å². The third-order valence-electron chi connectivity index (χ3n) is 2.35. The summed E-state index contributed by atoms with van der Waals surface area (Å²) < 4.78 is 5.04. The van der Waals surface area contributed by atoms with Crippen LogP contribution in [0, 0.1) is 0 Å². The summed E-state index contributed by atoms with van der Waals surface area (Å²) in [6.45, 7) is 3.63. The lowest BCUT2D eigenvalue weighted by Crippen LogP contribution is -2.31. The first-order valence-electron chi connectivity index (χ1n) is 5.30. The van der Waals surface area contributed by atoms with Crippen LogP contribution in [0.3, 0.4) is 0 Å². The molecule has 90 valence electrons. The molecule has 0 saturated carbocycles. The molecule has 1 unspecified atom stereocenters. The van der Waals surface area contributed by atoms with E-state index in [1.165, 1.54) is 0 Å². The van der Waals surface area contributed by atoms with Gasteiger partial charge in [-0.2, -0.15) is 0 Å². The van der Waals surface area contributed by atoms with Crippen LogP contribution in [0.15, 0.2) is 18.2 Å². The van der Waals surface area contributed by atoms with Gasteiger partial charge in [-0.05, 0) is 37.6 Å². The Hall–Kier alpha value is -0.280. The Bertz CT molecular complexity index is 311. The normalized spacial score (nSPS) is 12.8. The standard InChI is InChI=1S/C12H17Cl2NO/c1-9(8-16-2)15-7-6-10-11(13)4-3-5-12(10)14/h3-5,9,15H,6-8H2,1-2H3. The molecular formula is C12H17Cl2NO. The number of ether oxygens (including phenoxy) is 1. The van der Waals surface area contributed by atoms with Crippen LogP contribution in [0.5, 0.6) is 0 Å². The van der Waals surface area contributed by atoms with E-state index in [0.29, 0.717) is 12.6 Å². The molecule has 0 saturated heterocycles. The van der Waals surface area contributed by atoms with E-state index >= 15 is 0 Å². The monoisotopic (exact) mass is 261 g/mol. The van der Waals surface area contributed by atoms with Crippen LogP contribution in [-0.4, -0.2) is 26.3 Å². The summed E-state index contributed by atoms with van der Waals surface area (Å²) in [7, 11) is 1.70. The third kappa shape index (κ3) is 4.30. The molecular weight excluding hydrogens is 245 g/mol. The van der Waals surface area contributed by atoms with E-state index in [0.717, 1.165) is 28.6 Å². The summed E-state index contributed by atoms with van der Waals surface area (Å²) in [5.74, 6) is 0. The van der Waals surface area contributed by atoms with Gasteiger partial charge < -0.3 is 10.1 Å². The Morgan fingerprint density at radius 2 is 1.94 bits per heavy atom. The second-order valence-electron chi connectivity index (χ2n) is 3.76. The number of methoxy groups -OCH3 is 1. The number of rotatable bonds is 6. The third-order valence-corrected chi connectivity index (χ3v) is 3.05. The van der Waals surface area contributed by atoms with E-state index in [-0.39, 0.29) is 0 Å². The summed E-state index contributed by atoms with van der Waals surface area (Å²) in [5, 5.41) is 4.80. The minimum absolute atomic E-state index is 0.339. The molecule has 2 nitrogen and oxygen atoms in total. The van der Waals surface area contributed by atoms with E-state index in [4.69, 9.17) is 27.9 Å². The fourth-order valence-corrected chi connectivity index (χ4v) is 2.11. The molecule has 0 aliphatic rings. The van der Waals surface area contributed by atoms with Gasteiger partial charge in [0.15, 0.2) is 0 Å². The molecule has 0 amide bonds. The topological polar surface area (TPSA) is 21.3 Å². The molecule has 0 aromatic heterocycles. The van der Waals surface area contributed by atoms with Gasteiger partial charge >= 0.3 is 0 Å². The Balaban J connectivity index is 2.43. The quantitative estimate of drug-likeness (QED) is 0.850. The van der Waals surface area contributed by atoms with Gasteiger partial charge in [-0.25, -0.2) is 0 Å². The minimum Gasteiger partial charge on any atom is -0.383 e. The molecule has 4 heteroatoms. The van der Waals surface area contributed by atoms with Crippen LogP contribution in [-0.2, 0) is 11.2 Å². The first-order chi connectivity index (χ1) is 7.65. The molecule has 0 bridgehead atoms. The zero-order valence-corrected chi connectivity index (χ0v) is 11.1. The maximum atomic E-state index is 6.07. The maximum Gasteiger partial charge on any atom is 0.0613 e. The molecule has 0 heterocycles. The van der Waals surface area contributed by atoms with Gasteiger partial charge in [-0.15, -0.1) is 0 Å². The van der Waals surface area contributed by atoms with Gasteiger partial charge in [0.05, 0.1) is 6.61 Å². The highest BCUT2D eigenvalue weighted by molar-refractivity contribution is 6.35. The van der Waals surface area contributed by atoms with E-state index in [9.17, 15) is 0 Å². The summed E-state index contributed by atoms with van der Waals surface area (Å²) in [4.78, 5) is 0. The number of hydrogen-bond donors (Lipinski definition) is 1. The molecule has 16 heavy (non-hydrogen) atoms. The first kappa shape index (κ1) is 13.8. The Labute approximate surface area is 107 Å². The second kappa shape index (κ2) is 7.13. The van der Waals surface area contributed by atoms with Crippen molar-refractivity contribution in [3.8, 4) is 0 Å². The fourth-order valence-electron chi connectivity index (χ4n) is 1.52. The average Bonchev–Trinajstić information content (AvgIpc) is 2.23. The van der Waals surface area contributed by atoms with E-state index in [1.807, 2.05) is 18.2 Å². The zero-order valence-electron chi connectivity index (χ0n) is 9.59. The molecule has 1 atom stereocenters. The Morgan fingerprint density at radius 1 is 1.31 bits per heavy atom. The van der Waals surface area contributed by atoms with Crippen molar-refractivity contribution in [2.45, 2.75) is 19.4 Å². The summed E-state index contributed by atoms with van der Waals surface area (Å²) in [5.41, 5.74) is 1.00. The lowest BCUT2D eigenvalue weighted by Gasteiger charge is -2.13. The highest BCUT2D eigenvalue weighted by Gasteiger charge is 2.06. The van der Waals surface area contributed by atoms with Crippen LogP contribution >= 0.6 is 23.2 Å². The highest BCUT2D eigenvalue weighted by atomic mass is 35.5. The fraction of sp³-hybridized carbons (Fsp3) is 0.500. The Kier molecular flexibility index (Phi) is 6.14. The number of nitrogens with one attached hydrogen (secondary N) is 1. The summed E-state index contributed by atoms with van der Waals surface area (Å²) in [6.07, 6.45) is 0.826. The van der Waals surface area contributed by atoms with Crippen molar-refractivity contribution in [2.75, 3.05) is 20.3 Å². The van der Waals surface area contributed by atoms with Gasteiger partial charge in [0, 0.05) is 23.2 Å². The minimum atomic E-state index is 0.339. The van der Waals surface area contributed by atoms with Gasteiger partial charge in [0.2, 0.25) is 0 Å². The molecule has 0 radical (unpaired) electrons. The smallest absolute Gasteiger partial charge is 0.0613 e. The molecule has 1 aromatic carbocycles. The molecule has 1 aromatic rings. The number of benzene rings is 1. The molecule has 1 N–H and O–H groups in total.